The molecular formula is C45H25N5. The lowest BCUT2D eigenvalue weighted by Gasteiger charge is -2.18. The fourth-order valence-corrected chi connectivity index (χ4v) is 7.47. The van der Waals surface area contributed by atoms with Crippen LogP contribution < -0.4 is 0 Å². The zero-order valence-corrected chi connectivity index (χ0v) is 26.7. The van der Waals surface area contributed by atoms with Crippen LogP contribution in [0, 0.1) is 34.0 Å². The van der Waals surface area contributed by atoms with E-state index < -0.39 is 0 Å². The number of hydrogen-bond acceptors (Lipinski definition) is 3. The van der Waals surface area contributed by atoms with Gasteiger partial charge in [-0.15, -0.1) is 0 Å². The lowest BCUT2D eigenvalue weighted by Crippen LogP contribution is -2.00. The van der Waals surface area contributed by atoms with Gasteiger partial charge in [-0.05, 0) is 77.9 Å². The number of nitrogens with zero attached hydrogens (tertiary/aromatic N) is 5. The van der Waals surface area contributed by atoms with Gasteiger partial charge in [-0.25, -0.2) is 0 Å². The summed E-state index contributed by atoms with van der Waals surface area (Å²) in [6.07, 6.45) is 0. The van der Waals surface area contributed by atoms with Crippen LogP contribution in [0.3, 0.4) is 0 Å². The van der Waals surface area contributed by atoms with Crippen molar-refractivity contribution in [3.63, 3.8) is 0 Å². The van der Waals surface area contributed by atoms with Gasteiger partial charge in [-0.3, -0.25) is 0 Å². The SMILES string of the molecule is N#Cc1ccc2c(c1)c1ccccc1n2-c1ccccc1-c1c(C#N)cccc1-c1ccc(-n2c3ccccc3c3ccc(C#N)cc32)cc1. The number of hydrogen-bond donors (Lipinski definition) is 0. The first-order valence-corrected chi connectivity index (χ1v) is 16.3. The zero-order chi connectivity index (χ0) is 33.8. The molecule has 2 heterocycles. The van der Waals surface area contributed by atoms with Crippen molar-refractivity contribution in [1.82, 2.24) is 9.13 Å². The number of nitriles is 3. The summed E-state index contributed by atoms with van der Waals surface area (Å²) in [6.45, 7) is 0. The topological polar surface area (TPSA) is 81.2 Å². The molecule has 0 aliphatic carbocycles. The molecule has 0 amide bonds. The van der Waals surface area contributed by atoms with Gasteiger partial charge in [0.05, 0.1) is 62.7 Å². The number of benzene rings is 7. The van der Waals surface area contributed by atoms with Crippen molar-refractivity contribution in [1.29, 1.82) is 15.8 Å². The second-order valence-electron chi connectivity index (χ2n) is 12.3. The Morgan fingerprint density at radius 1 is 0.400 bits per heavy atom. The molecule has 9 aromatic rings. The molecule has 0 aliphatic heterocycles. The third kappa shape index (κ3) is 4.31. The van der Waals surface area contributed by atoms with E-state index in [1.807, 2.05) is 84.9 Å². The van der Waals surface area contributed by atoms with E-state index in [0.29, 0.717) is 16.7 Å². The summed E-state index contributed by atoms with van der Waals surface area (Å²) in [7, 11) is 0. The van der Waals surface area contributed by atoms with E-state index in [0.717, 1.165) is 77.2 Å². The van der Waals surface area contributed by atoms with Gasteiger partial charge in [0, 0.05) is 38.4 Å². The molecule has 0 unspecified atom stereocenters. The Balaban J connectivity index is 1.24. The van der Waals surface area contributed by atoms with Crippen molar-refractivity contribution in [2.75, 3.05) is 0 Å². The maximum absolute atomic E-state index is 10.5. The van der Waals surface area contributed by atoms with Crippen LogP contribution in [0.15, 0.2) is 152 Å². The van der Waals surface area contributed by atoms with Crippen LogP contribution in [-0.2, 0) is 0 Å². The minimum Gasteiger partial charge on any atom is -0.309 e. The maximum atomic E-state index is 10.5. The predicted octanol–water partition coefficient (Wildman–Crippen LogP) is 10.8. The van der Waals surface area contributed by atoms with Crippen LogP contribution in [0.5, 0.6) is 0 Å². The third-order valence-electron chi connectivity index (χ3n) is 9.64. The molecule has 0 bridgehead atoms. The first kappa shape index (κ1) is 28.8. The van der Waals surface area contributed by atoms with Crippen molar-refractivity contribution in [3.05, 3.63) is 168 Å². The Kier molecular flexibility index (Phi) is 6.56. The van der Waals surface area contributed by atoms with Crippen molar-refractivity contribution in [2.45, 2.75) is 0 Å². The Labute approximate surface area is 287 Å². The average molecular weight is 636 g/mol. The summed E-state index contributed by atoms with van der Waals surface area (Å²) in [5.74, 6) is 0. The summed E-state index contributed by atoms with van der Waals surface area (Å²) in [4.78, 5) is 0. The van der Waals surface area contributed by atoms with Gasteiger partial charge in [0.25, 0.3) is 0 Å². The van der Waals surface area contributed by atoms with Crippen LogP contribution in [0.2, 0.25) is 0 Å². The second kappa shape index (κ2) is 11.4. The Morgan fingerprint density at radius 3 is 1.76 bits per heavy atom. The molecule has 2 aromatic heterocycles. The summed E-state index contributed by atoms with van der Waals surface area (Å²) in [6, 6.07) is 57.8. The molecule has 0 radical (unpaired) electrons. The minimum atomic E-state index is 0.581. The van der Waals surface area contributed by atoms with Crippen LogP contribution in [-0.4, -0.2) is 9.13 Å². The summed E-state index contributed by atoms with van der Waals surface area (Å²) >= 11 is 0. The number of aromatic nitrogens is 2. The molecule has 0 spiro atoms. The van der Waals surface area contributed by atoms with Gasteiger partial charge in [0.15, 0.2) is 0 Å². The van der Waals surface area contributed by atoms with Gasteiger partial charge in [-0.2, -0.15) is 15.8 Å². The lowest BCUT2D eigenvalue weighted by molar-refractivity contribution is 1.18. The van der Waals surface area contributed by atoms with E-state index in [9.17, 15) is 15.8 Å². The van der Waals surface area contributed by atoms with Gasteiger partial charge in [0.2, 0.25) is 0 Å². The van der Waals surface area contributed by atoms with E-state index in [1.54, 1.807) is 0 Å². The lowest BCUT2D eigenvalue weighted by atomic mass is 9.89. The molecule has 50 heavy (non-hydrogen) atoms. The monoisotopic (exact) mass is 635 g/mol. The van der Waals surface area contributed by atoms with Crippen molar-refractivity contribution < 1.29 is 0 Å². The number of para-hydroxylation sites is 3. The normalized spacial score (nSPS) is 11.1. The van der Waals surface area contributed by atoms with E-state index in [4.69, 9.17) is 0 Å². The van der Waals surface area contributed by atoms with Crippen molar-refractivity contribution in [3.8, 4) is 51.8 Å². The van der Waals surface area contributed by atoms with Crippen LogP contribution in [0.1, 0.15) is 16.7 Å². The highest BCUT2D eigenvalue weighted by molar-refractivity contribution is 6.11. The molecular weight excluding hydrogens is 611 g/mol. The molecule has 0 atom stereocenters. The van der Waals surface area contributed by atoms with Crippen molar-refractivity contribution >= 4 is 43.6 Å². The minimum absolute atomic E-state index is 0.581. The highest BCUT2D eigenvalue weighted by atomic mass is 15.0. The molecule has 0 saturated carbocycles. The smallest absolute Gasteiger partial charge is 0.0998 e. The standard InChI is InChI=1S/C45H25N5/c46-26-29-17-23-43-39(24-29)36-10-2-5-14-41(36)50(43)42-15-6-3-11-38(42)45-32(28-48)8-7-12-34(45)31-18-20-33(21-19-31)49-40-13-4-1-9-35(40)37-22-16-30(27-47)25-44(37)49/h1-25H. The van der Waals surface area contributed by atoms with Crippen molar-refractivity contribution in [2.24, 2.45) is 0 Å². The predicted molar refractivity (Wildman–Crippen MR) is 200 cm³/mol. The van der Waals surface area contributed by atoms with E-state index in [-0.39, 0.29) is 0 Å². The summed E-state index contributed by atoms with van der Waals surface area (Å²) in [5.41, 5.74) is 11.5. The molecule has 9 rings (SSSR count). The second-order valence-corrected chi connectivity index (χ2v) is 12.3. The molecule has 0 saturated heterocycles. The Bertz CT molecular complexity index is 2960. The van der Waals surface area contributed by atoms with Crippen LogP contribution in [0.4, 0.5) is 0 Å². The molecule has 230 valence electrons. The quantitative estimate of drug-likeness (QED) is 0.193. The Morgan fingerprint density at radius 2 is 1.00 bits per heavy atom. The zero-order valence-electron chi connectivity index (χ0n) is 26.7. The maximum Gasteiger partial charge on any atom is 0.0998 e. The highest BCUT2D eigenvalue weighted by Gasteiger charge is 2.20. The summed E-state index contributed by atoms with van der Waals surface area (Å²) in [5, 5.41) is 34.1. The van der Waals surface area contributed by atoms with E-state index in [2.05, 4.69) is 94.1 Å². The van der Waals surface area contributed by atoms with E-state index >= 15 is 0 Å². The first-order valence-electron chi connectivity index (χ1n) is 16.3. The largest absolute Gasteiger partial charge is 0.309 e. The highest BCUT2D eigenvalue weighted by Crippen LogP contribution is 2.42. The average Bonchev–Trinajstić information content (AvgIpc) is 3.69. The third-order valence-corrected chi connectivity index (χ3v) is 9.64. The number of rotatable bonds is 4. The molecule has 0 aliphatic rings. The van der Waals surface area contributed by atoms with Gasteiger partial charge in [0.1, 0.15) is 0 Å². The van der Waals surface area contributed by atoms with Crippen LogP contribution >= 0.6 is 0 Å². The van der Waals surface area contributed by atoms with Gasteiger partial charge in [-0.1, -0.05) is 84.9 Å². The van der Waals surface area contributed by atoms with Gasteiger partial charge < -0.3 is 9.13 Å². The summed E-state index contributed by atoms with van der Waals surface area (Å²) < 4.78 is 4.44. The van der Waals surface area contributed by atoms with Crippen LogP contribution in [0.25, 0.3) is 77.2 Å². The first-order chi connectivity index (χ1) is 24.7. The molecule has 0 fully saturated rings. The fourth-order valence-electron chi connectivity index (χ4n) is 7.47. The molecule has 7 aromatic carbocycles. The molecule has 5 heteroatoms. The Hall–Kier alpha value is -7.39. The fraction of sp³-hybridized carbons (Fsp3) is 0. The molecule has 5 nitrogen and oxygen atoms in total. The molecule has 0 N–H and O–H groups in total. The van der Waals surface area contributed by atoms with Gasteiger partial charge >= 0.3 is 0 Å². The van der Waals surface area contributed by atoms with E-state index in [1.165, 1.54) is 0 Å². The number of fused-ring (bicyclic) bond motifs is 6.